The number of rotatable bonds is 7. The molecule has 0 fully saturated rings. The zero-order valence-electron chi connectivity index (χ0n) is 19.5. The van der Waals surface area contributed by atoms with Crippen LogP contribution in [0.25, 0.3) is 0 Å². The molecule has 0 unspecified atom stereocenters. The van der Waals surface area contributed by atoms with Crippen LogP contribution >= 0.6 is 0 Å². The van der Waals surface area contributed by atoms with E-state index < -0.39 is 22.2 Å². The summed E-state index contributed by atoms with van der Waals surface area (Å²) in [5.74, 6) is 0. The van der Waals surface area contributed by atoms with Gasteiger partial charge in [0.05, 0.1) is 6.26 Å². The van der Waals surface area contributed by atoms with Crippen molar-refractivity contribution in [1.29, 1.82) is 5.26 Å². The standard InChI is InChI=1S/C23H39NO2Si2/c1-21(2,3)27(7,8)25-17-16-23(19-24,18-20-14-12-11-13-15-20)26-28(9,10)22(4,5)6/h11-17H,18H2,1-10H3/b17-16+/t23-/m1/s1. The summed E-state index contributed by atoms with van der Waals surface area (Å²) in [6, 6.07) is 12.6. The van der Waals surface area contributed by atoms with E-state index in [2.05, 4.69) is 73.8 Å². The summed E-state index contributed by atoms with van der Waals surface area (Å²) >= 11 is 0. The molecule has 1 atom stereocenters. The van der Waals surface area contributed by atoms with Crippen LogP contribution in [-0.4, -0.2) is 22.2 Å². The lowest BCUT2D eigenvalue weighted by Gasteiger charge is -2.42. The van der Waals surface area contributed by atoms with Gasteiger partial charge in [0, 0.05) is 6.42 Å². The van der Waals surface area contributed by atoms with Crippen molar-refractivity contribution < 1.29 is 8.85 Å². The van der Waals surface area contributed by atoms with Crippen molar-refractivity contribution in [2.75, 3.05) is 0 Å². The first-order valence-electron chi connectivity index (χ1n) is 10.1. The highest BCUT2D eigenvalue weighted by molar-refractivity contribution is 6.74. The first-order chi connectivity index (χ1) is 12.6. The van der Waals surface area contributed by atoms with Gasteiger partial charge < -0.3 is 8.85 Å². The Kier molecular flexibility index (Phi) is 7.55. The zero-order valence-corrected chi connectivity index (χ0v) is 21.5. The first kappa shape index (κ1) is 24.7. The van der Waals surface area contributed by atoms with Crippen molar-refractivity contribution in [3.8, 4) is 6.07 Å². The topological polar surface area (TPSA) is 42.2 Å². The van der Waals surface area contributed by atoms with Gasteiger partial charge in [-0.3, -0.25) is 0 Å². The lowest BCUT2D eigenvalue weighted by Crippen LogP contribution is -2.49. The largest absolute Gasteiger partial charge is 0.549 e. The van der Waals surface area contributed by atoms with Gasteiger partial charge in [-0.15, -0.1) is 0 Å². The Morgan fingerprint density at radius 2 is 1.39 bits per heavy atom. The minimum Gasteiger partial charge on any atom is -0.549 e. The molecule has 156 valence electrons. The van der Waals surface area contributed by atoms with Gasteiger partial charge in [0.2, 0.25) is 8.32 Å². The number of benzene rings is 1. The molecule has 0 aliphatic rings. The molecule has 1 rings (SSSR count). The molecule has 5 heteroatoms. The smallest absolute Gasteiger partial charge is 0.249 e. The quantitative estimate of drug-likeness (QED) is 0.352. The van der Waals surface area contributed by atoms with Gasteiger partial charge in [0.1, 0.15) is 6.07 Å². The van der Waals surface area contributed by atoms with Crippen LogP contribution in [0.1, 0.15) is 47.1 Å². The van der Waals surface area contributed by atoms with Crippen molar-refractivity contribution in [3.63, 3.8) is 0 Å². The Bertz CT molecular complexity index is 707. The summed E-state index contributed by atoms with van der Waals surface area (Å²) in [6.07, 6.45) is 4.09. The molecule has 1 aromatic carbocycles. The molecule has 0 bridgehead atoms. The highest BCUT2D eigenvalue weighted by Crippen LogP contribution is 2.41. The second kappa shape index (κ2) is 8.56. The molecule has 0 N–H and O–H groups in total. The zero-order chi connectivity index (χ0) is 21.9. The fourth-order valence-electron chi connectivity index (χ4n) is 2.23. The number of nitriles is 1. The fourth-order valence-corrected chi connectivity index (χ4v) is 4.39. The van der Waals surface area contributed by atoms with Gasteiger partial charge in [-0.25, -0.2) is 0 Å². The molecular formula is C23H39NO2Si2. The van der Waals surface area contributed by atoms with Crippen LogP contribution in [-0.2, 0) is 15.3 Å². The second-order valence-corrected chi connectivity index (χ2v) is 20.2. The third-order valence-electron chi connectivity index (χ3n) is 6.25. The number of nitrogens with zero attached hydrogens (tertiary/aromatic N) is 1. The third-order valence-corrected chi connectivity index (χ3v) is 15.1. The van der Waals surface area contributed by atoms with Gasteiger partial charge in [-0.1, -0.05) is 71.9 Å². The maximum atomic E-state index is 10.2. The average molecular weight is 418 g/mol. The van der Waals surface area contributed by atoms with Crippen LogP contribution in [0.15, 0.2) is 42.7 Å². The van der Waals surface area contributed by atoms with Crippen LogP contribution < -0.4 is 0 Å². The van der Waals surface area contributed by atoms with E-state index in [-0.39, 0.29) is 10.1 Å². The summed E-state index contributed by atoms with van der Waals surface area (Å²) < 4.78 is 12.9. The van der Waals surface area contributed by atoms with E-state index in [4.69, 9.17) is 8.85 Å². The van der Waals surface area contributed by atoms with Crippen molar-refractivity contribution in [1.82, 2.24) is 0 Å². The summed E-state index contributed by atoms with van der Waals surface area (Å²) in [6.45, 7) is 22.0. The van der Waals surface area contributed by atoms with Crippen LogP contribution in [0.2, 0.25) is 36.3 Å². The Hall–Kier alpha value is -1.36. The Morgan fingerprint density at radius 1 is 0.893 bits per heavy atom. The summed E-state index contributed by atoms with van der Waals surface area (Å²) in [4.78, 5) is 0. The molecule has 0 heterocycles. The van der Waals surface area contributed by atoms with Crippen LogP contribution in [0.5, 0.6) is 0 Å². The predicted molar refractivity (Wildman–Crippen MR) is 124 cm³/mol. The first-order valence-corrected chi connectivity index (χ1v) is 15.9. The summed E-state index contributed by atoms with van der Waals surface area (Å²) in [7, 11) is -4.11. The van der Waals surface area contributed by atoms with E-state index in [1.807, 2.05) is 36.4 Å². The molecule has 0 amide bonds. The Balaban J connectivity index is 3.27. The van der Waals surface area contributed by atoms with Crippen LogP contribution in [0, 0.1) is 11.3 Å². The molecule has 0 spiro atoms. The highest BCUT2D eigenvalue weighted by Gasteiger charge is 2.45. The average Bonchev–Trinajstić information content (AvgIpc) is 2.53. The number of hydrogen-bond acceptors (Lipinski definition) is 3. The molecule has 1 aromatic rings. The van der Waals surface area contributed by atoms with Gasteiger partial charge in [-0.2, -0.15) is 5.26 Å². The molecule has 0 saturated carbocycles. The van der Waals surface area contributed by atoms with E-state index in [9.17, 15) is 5.26 Å². The highest BCUT2D eigenvalue weighted by atomic mass is 28.4. The van der Waals surface area contributed by atoms with E-state index in [0.717, 1.165) is 5.56 Å². The summed E-state index contributed by atoms with van der Waals surface area (Å²) in [5.41, 5.74) is 0.0481. The van der Waals surface area contributed by atoms with Crippen molar-refractivity contribution in [3.05, 3.63) is 48.2 Å². The normalized spacial score (nSPS) is 15.9. The molecule has 0 aliphatic heterocycles. The monoisotopic (exact) mass is 417 g/mol. The molecule has 0 aromatic heterocycles. The van der Waals surface area contributed by atoms with Gasteiger partial charge >= 0.3 is 0 Å². The van der Waals surface area contributed by atoms with E-state index in [1.54, 1.807) is 6.26 Å². The van der Waals surface area contributed by atoms with Crippen LogP contribution in [0.3, 0.4) is 0 Å². The van der Waals surface area contributed by atoms with Crippen molar-refractivity contribution >= 4 is 16.6 Å². The Labute approximate surface area is 175 Å². The molecule has 0 radical (unpaired) electrons. The van der Waals surface area contributed by atoms with E-state index >= 15 is 0 Å². The van der Waals surface area contributed by atoms with Crippen LogP contribution in [0.4, 0.5) is 0 Å². The second-order valence-electron chi connectivity index (χ2n) is 10.7. The van der Waals surface area contributed by atoms with Crippen molar-refractivity contribution in [2.24, 2.45) is 0 Å². The lowest BCUT2D eigenvalue weighted by atomic mass is 9.96. The van der Waals surface area contributed by atoms with Crippen molar-refractivity contribution in [2.45, 2.75) is 89.8 Å². The predicted octanol–water partition coefficient (Wildman–Crippen LogP) is 7.05. The third kappa shape index (κ3) is 6.33. The minimum absolute atomic E-state index is 0.0138. The molecule has 0 saturated heterocycles. The number of hydrogen-bond donors (Lipinski definition) is 0. The fraction of sp³-hybridized carbons (Fsp3) is 0.609. The van der Waals surface area contributed by atoms with E-state index in [0.29, 0.717) is 6.42 Å². The molecule has 0 aliphatic carbocycles. The molecule has 3 nitrogen and oxygen atoms in total. The lowest BCUT2D eigenvalue weighted by molar-refractivity contribution is 0.156. The van der Waals surface area contributed by atoms with Gasteiger partial charge in [-0.05, 0) is 47.9 Å². The minimum atomic E-state index is -2.17. The van der Waals surface area contributed by atoms with E-state index in [1.165, 1.54) is 0 Å². The van der Waals surface area contributed by atoms with Gasteiger partial charge in [0.15, 0.2) is 13.9 Å². The molecule has 28 heavy (non-hydrogen) atoms. The summed E-state index contributed by atoms with van der Waals surface area (Å²) in [5, 5.41) is 10.3. The maximum Gasteiger partial charge on any atom is 0.249 e. The molecular weight excluding hydrogens is 378 g/mol. The SMILES string of the molecule is CC(C)(C)[Si](C)(C)O/C=C/[C@](C#N)(Cc1ccccc1)O[Si](C)(C)C(C)(C)C. The van der Waals surface area contributed by atoms with Gasteiger partial charge in [0.25, 0.3) is 0 Å². The maximum absolute atomic E-state index is 10.2. The Morgan fingerprint density at radius 3 is 1.82 bits per heavy atom.